The average molecular weight is 257 g/mol. The fraction of sp³-hybridized carbons (Fsp3) is 0.333. The molecule has 4 nitrogen and oxygen atoms in total. The van der Waals surface area contributed by atoms with Crippen molar-refractivity contribution in [1.29, 1.82) is 0 Å². The Morgan fingerprint density at radius 2 is 2.50 bits per heavy atom. The van der Waals surface area contributed by atoms with Gasteiger partial charge >= 0.3 is 0 Å². The van der Waals surface area contributed by atoms with Crippen LogP contribution in [0.25, 0.3) is 0 Å². The van der Waals surface area contributed by atoms with Crippen molar-refractivity contribution in [3.05, 3.63) is 28.5 Å². The Hall–Kier alpha value is -0.940. The molecule has 0 aromatic carbocycles. The molecule has 0 spiro atoms. The fourth-order valence-corrected chi connectivity index (χ4v) is 1.65. The molecule has 0 N–H and O–H groups in total. The summed E-state index contributed by atoms with van der Waals surface area (Å²) in [4.78, 5) is 20.9. The van der Waals surface area contributed by atoms with Crippen molar-refractivity contribution in [3.63, 3.8) is 0 Å². The molecule has 0 bridgehead atoms. The monoisotopic (exact) mass is 256 g/mol. The van der Waals surface area contributed by atoms with Crippen molar-refractivity contribution in [3.8, 4) is 0 Å². The first-order chi connectivity index (χ1) is 6.77. The van der Waals surface area contributed by atoms with Crippen molar-refractivity contribution < 1.29 is 9.63 Å². The SMILES string of the molecule is O=C(c1ccnc(Br)c1)N1CCCO1. The summed E-state index contributed by atoms with van der Waals surface area (Å²) in [5.41, 5.74) is 0.591. The molecule has 1 saturated heterocycles. The number of carbonyl (C=O) groups is 1. The summed E-state index contributed by atoms with van der Waals surface area (Å²) < 4.78 is 0.655. The van der Waals surface area contributed by atoms with E-state index in [1.54, 1.807) is 18.3 Å². The summed E-state index contributed by atoms with van der Waals surface area (Å²) in [5, 5.41) is 1.39. The maximum atomic E-state index is 11.8. The Kier molecular flexibility index (Phi) is 2.79. The van der Waals surface area contributed by atoms with Crippen molar-refractivity contribution in [2.45, 2.75) is 6.42 Å². The predicted octanol–water partition coefficient (Wildman–Crippen LogP) is 1.62. The summed E-state index contributed by atoms with van der Waals surface area (Å²) in [7, 11) is 0. The van der Waals surface area contributed by atoms with E-state index < -0.39 is 0 Å². The Morgan fingerprint density at radius 1 is 1.64 bits per heavy atom. The van der Waals surface area contributed by atoms with Gasteiger partial charge in [0.2, 0.25) is 0 Å². The number of hydroxylamine groups is 2. The van der Waals surface area contributed by atoms with Crippen molar-refractivity contribution in [2.75, 3.05) is 13.2 Å². The van der Waals surface area contributed by atoms with E-state index in [1.165, 1.54) is 5.06 Å². The minimum atomic E-state index is -0.106. The summed E-state index contributed by atoms with van der Waals surface area (Å²) in [6.45, 7) is 1.29. The number of rotatable bonds is 1. The van der Waals surface area contributed by atoms with Crippen LogP contribution in [-0.4, -0.2) is 29.1 Å². The van der Waals surface area contributed by atoms with E-state index in [9.17, 15) is 4.79 Å². The van der Waals surface area contributed by atoms with Crippen LogP contribution in [0.15, 0.2) is 22.9 Å². The first-order valence-corrected chi connectivity index (χ1v) is 5.13. The van der Waals surface area contributed by atoms with E-state index >= 15 is 0 Å². The highest BCUT2D eigenvalue weighted by Gasteiger charge is 2.20. The lowest BCUT2D eigenvalue weighted by molar-refractivity contribution is -0.0768. The van der Waals surface area contributed by atoms with Crippen molar-refractivity contribution in [1.82, 2.24) is 10.0 Å². The number of hydrogen-bond donors (Lipinski definition) is 0. The second kappa shape index (κ2) is 4.06. The molecule has 1 fully saturated rings. The first kappa shape index (κ1) is 9.61. The third-order valence-corrected chi connectivity index (χ3v) is 2.39. The van der Waals surface area contributed by atoms with Crippen LogP contribution in [0.4, 0.5) is 0 Å². The molecule has 2 rings (SSSR count). The molecular weight excluding hydrogens is 248 g/mol. The molecule has 0 aliphatic carbocycles. The highest BCUT2D eigenvalue weighted by atomic mass is 79.9. The van der Waals surface area contributed by atoms with Gasteiger partial charge < -0.3 is 0 Å². The third kappa shape index (κ3) is 1.93. The molecule has 74 valence electrons. The van der Waals surface area contributed by atoms with E-state index in [-0.39, 0.29) is 5.91 Å². The number of pyridine rings is 1. The van der Waals surface area contributed by atoms with Gasteiger partial charge in [-0.15, -0.1) is 0 Å². The first-order valence-electron chi connectivity index (χ1n) is 4.34. The highest BCUT2D eigenvalue weighted by molar-refractivity contribution is 9.10. The van der Waals surface area contributed by atoms with Gasteiger partial charge in [-0.25, -0.2) is 10.0 Å². The van der Waals surface area contributed by atoms with Gasteiger partial charge in [-0.1, -0.05) is 0 Å². The summed E-state index contributed by atoms with van der Waals surface area (Å²) in [6, 6.07) is 3.36. The van der Waals surface area contributed by atoms with Gasteiger partial charge in [0.15, 0.2) is 0 Å². The lowest BCUT2D eigenvalue weighted by Crippen LogP contribution is -2.26. The van der Waals surface area contributed by atoms with Gasteiger partial charge in [0.1, 0.15) is 4.60 Å². The van der Waals surface area contributed by atoms with Crippen LogP contribution in [0.5, 0.6) is 0 Å². The van der Waals surface area contributed by atoms with Crippen LogP contribution in [0, 0.1) is 0 Å². The number of nitrogens with zero attached hydrogens (tertiary/aromatic N) is 2. The van der Waals surface area contributed by atoms with Gasteiger partial charge in [0.05, 0.1) is 13.2 Å². The molecule has 0 saturated carbocycles. The molecule has 14 heavy (non-hydrogen) atoms. The Balaban J connectivity index is 2.17. The molecule has 1 aromatic rings. The van der Waals surface area contributed by atoms with E-state index in [1.807, 2.05) is 0 Å². The third-order valence-electron chi connectivity index (χ3n) is 1.95. The quantitative estimate of drug-likeness (QED) is 0.718. The molecule has 0 atom stereocenters. The second-order valence-electron chi connectivity index (χ2n) is 2.96. The molecule has 1 aliphatic heterocycles. The zero-order valence-corrected chi connectivity index (χ0v) is 9.03. The Bertz CT molecular complexity index is 350. The summed E-state index contributed by atoms with van der Waals surface area (Å²) >= 11 is 3.22. The summed E-state index contributed by atoms with van der Waals surface area (Å²) in [5.74, 6) is -0.106. The van der Waals surface area contributed by atoms with Crippen LogP contribution in [0.3, 0.4) is 0 Å². The van der Waals surface area contributed by atoms with E-state index in [0.29, 0.717) is 23.3 Å². The van der Waals surface area contributed by atoms with E-state index in [4.69, 9.17) is 4.84 Å². The normalized spacial score (nSPS) is 15.9. The van der Waals surface area contributed by atoms with Gasteiger partial charge in [0.25, 0.3) is 5.91 Å². The molecule has 1 amide bonds. The van der Waals surface area contributed by atoms with Crippen LogP contribution >= 0.6 is 15.9 Å². The standard InChI is InChI=1S/C9H9BrN2O2/c10-8-6-7(2-3-11-8)9(13)12-4-1-5-14-12/h2-3,6H,1,4-5H2. The van der Waals surface area contributed by atoms with Crippen molar-refractivity contribution >= 4 is 21.8 Å². The zero-order valence-electron chi connectivity index (χ0n) is 7.44. The molecule has 0 radical (unpaired) electrons. The maximum absolute atomic E-state index is 11.8. The van der Waals surface area contributed by atoms with Gasteiger partial charge in [-0.3, -0.25) is 9.63 Å². The number of amides is 1. The lowest BCUT2D eigenvalue weighted by atomic mass is 10.2. The number of aromatic nitrogens is 1. The molecule has 5 heteroatoms. The fourth-order valence-electron chi connectivity index (χ4n) is 1.29. The Morgan fingerprint density at radius 3 is 3.14 bits per heavy atom. The molecular formula is C9H9BrN2O2. The van der Waals surface area contributed by atoms with Crippen LogP contribution in [-0.2, 0) is 4.84 Å². The molecule has 1 aromatic heterocycles. The largest absolute Gasteiger partial charge is 0.277 e. The smallest absolute Gasteiger partial charge is 0.271 e. The van der Waals surface area contributed by atoms with E-state index in [2.05, 4.69) is 20.9 Å². The molecule has 2 heterocycles. The van der Waals surface area contributed by atoms with Gasteiger partial charge in [-0.05, 0) is 34.5 Å². The molecule has 0 unspecified atom stereocenters. The van der Waals surface area contributed by atoms with Gasteiger partial charge in [-0.2, -0.15) is 0 Å². The predicted molar refractivity (Wildman–Crippen MR) is 53.5 cm³/mol. The minimum absolute atomic E-state index is 0.106. The highest BCUT2D eigenvalue weighted by Crippen LogP contribution is 2.13. The zero-order chi connectivity index (χ0) is 9.97. The number of hydrogen-bond acceptors (Lipinski definition) is 3. The minimum Gasteiger partial charge on any atom is -0.271 e. The van der Waals surface area contributed by atoms with Crippen LogP contribution in [0.2, 0.25) is 0 Å². The van der Waals surface area contributed by atoms with E-state index in [0.717, 1.165) is 6.42 Å². The summed E-state index contributed by atoms with van der Waals surface area (Å²) in [6.07, 6.45) is 2.49. The van der Waals surface area contributed by atoms with Gasteiger partial charge in [0, 0.05) is 11.8 Å². The number of carbonyl (C=O) groups excluding carboxylic acids is 1. The van der Waals surface area contributed by atoms with Crippen molar-refractivity contribution in [2.24, 2.45) is 0 Å². The van der Waals surface area contributed by atoms with Crippen LogP contribution < -0.4 is 0 Å². The maximum Gasteiger partial charge on any atom is 0.277 e. The van der Waals surface area contributed by atoms with Crippen LogP contribution in [0.1, 0.15) is 16.8 Å². The lowest BCUT2D eigenvalue weighted by Gasteiger charge is -2.13. The average Bonchev–Trinajstić information content (AvgIpc) is 2.69. The topological polar surface area (TPSA) is 42.4 Å². The molecule has 1 aliphatic rings. The second-order valence-corrected chi connectivity index (χ2v) is 3.77. The number of halogens is 1. The Labute approximate surface area is 90.0 Å².